The van der Waals surface area contributed by atoms with E-state index in [9.17, 15) is 0 Å². The number of hydrogen-bond acceptors (Lipinski definition) is 3. The van der Waals surface area contributed by atoms with E-state index in [2.05, 4.69) is 42.0 Å². The summed E-state index contributed by atoms with van der Waals surface area (Å²) in [5, 5.41) is 1.19. The average molecular weight is 391 g/mol. The number of halogens is 2. The minimum atomic E-state index is 0.567. The van der Waals surface area contributed by atoms with Crippen LogP contribution < -0.4 is 4.90 Å². The van der Waals surface area contributed by atoms with Gasteiger partial charge in [-0.15, -0.1) is 0 Å². The van der Waals surface area contributed by atoms with Gasteiger partial charge in [0.2, 0.25) is 0 Å². The van der Waals surface area contributed by atoms with E-state index in [1.807, 2.05) is 18.3 Å². The van der Waals surface area contributed by atoms with Crippen LogP contribution in [0.1, 0.15) is 33.4 Å². The van der Waals surface area contributed by atoms with Crippen molar-refractivity contribution in [2.24, 2.45) is 5.92 Å². The first-order valence-corrected chi connectivity index (χ1v) is 9.78. The summed E-state index contributed by atoms with van der Waals surface area (Å²) >= 11 is 12.5. The molecule has 0 amide bonds. The molecule has 0 bridgehead atoms. The lowest BCUT2D eigenvalue weighted by Gasteiger charge is -2.25. The number of fused-ring (bicyclic) bond motifs is 1. The number of nitrogens with zero attached hydrogens (tertiary/aromatic N) is 4. The van der Waals surface area contributed by atoms with Gasteiger partial charge >= 0.3 is 0 Å². The normalized spacial score (nSPS) is 11.5. The minimum absolute atomic E-state index is 0.567. The molecule has 0 aliphatic rings. The summed E-state index contributed by atoms with van der Waals surface area (Å²) in [5.74, 6) is 1.71. The van der Waals surface area contributed by atoms with Gasteiger partial charge < -0.3 is 4.90 Å². The van der Waals surface area contributed by atoms with Crippen molar-refractivity contribution in [3.63, 3.8) is 0 Å². The van der Waals surface area contributed by atoms with Crippen LogP contribution in [0.15, 0.2) is 30.6 Å². The lowest BCUT2D eigenvalue weighted by molar-refractivity contribution is 0.611. The molecule has 2 heterocycles. The summed E-state index contributed by atoms with van der Waals surface area (Å²) in [6, 6.07) is 5.47. The van der Waals surface area contributed by atoms with Crippen LogP contribution in [0.4, 0.5) is 5.82 Å². The second kappa shape index (κ2) is 7.85. The Morgan fingerprint density at radius 3 is 2.58 bits per heavy atom. The van der Waals surface area contributed by atoms with Crippen LogP contribution in [-0.4, -0.2) is 27.5 Å². The third-order valence-corrected chi connectivity index (χ3v) is 4.92. The van der Waals surface area contributed by atoms with Crippen LogP contribution in [-0.2, 0) is 6.42 Å². The van der Waals surface area contributed by atoms with Gasteiger partial charge in [-0.1, -0.05) is 44.0 Å². The van der Waals surface area contributed by atoms with Crippen molar-refractivity contribution in [2.75, 3.05) is 18.0 Å². The maximum atomic E-state index is 6.43. The largest absolute Gasteiger partial charge is 0.356 e. The molecule has 0 atom stereocenters. The molecule has 0 saturated carbocycles. The minimum Gasteiger partial charge on any atom is -0.356 e. The highest BCUT2D eigenvalue weighted by Crippen LogP contribution is 2.34. The van der Waals surface area contributed by atoms with E-state index in [1.165, 1.54) is 0 Å². The molecule has 0 aliphatic carbocycles. The van der Waals surface area contributed by atoms with Crippen LogP contribution in [0.5, 0.6) is 0 Å². The molecule has 0 N–H and O–H groups in total. The maximum Gasteiger partial charge on any atom is 0.165 e. The van der Waals surface area contributed by atoms with Gasteiger partial charge in [0.25, 0.3) is 0 Å². The Labute approximate surface area is 164 Å². The number of aryl methyl sites for hydroxylation is 1. The summed E-state index contributed by atoms with van der Waals surface area (Å²) in [7, 11) is 0. The van der Waals surface area contributed by atoms with Crippen molar-refractivity contribution < 1.29 is 0 Å². The molecule has 3 rings (SSSR count). The van der Waals surface area contributed by atoms with Gasteiger partial charge in [0.15, 0.2) is 5.65 Å². The molecular weight excluding hydrogens is 367 g/mol. The third kappa shape index (κ3) is 3.53. The first-order valence-electron chi connectivity index (χ1n) is 9.02. The molecule has 138 valence electrons. The molecule has 3 aromatic rings. The third-order valence-electron chi connectivity index (χ3n) is 4.37. The van der Waals surface area contributed by atoms with Crippen molar-refractivity contribution >= 4 is 34.7 Å². The topological polar surface area (TPSA) is 33.4 Å². The van der Waals surface area contributed by atoms with E-state index in [1.54, 1.807) is 12.3 Å². The van der Waals surface area contributed by atoms with Crippen molar-refractivity contribution in [1.82, 2.24) is 14.4 Å². The molecule has 0 aliphatic heterocycles. The van der Waals surface area contributed by atoms with Gasteiger partial charge in [-0.2, -0.15) is 0 Å². The molecule has 6 heteroatoms. The lowest BCUT2D eigenvalue weighted by atomic mass is 10.1. The van der Waals surface area contributed by atoms with Crippen LogP contribution >= 0.6 is 23.2 Å². The fourth-order valence-corrected chi connectivity index (χ4v) is 3.76. The fraction of sp³-hybridized carbons (Fsp3) is 0.400. The summed E-state index contributed by atoms with van der Waals surface area (Å²) < 4.78 is 2.14. The predicted octanol–water partition coefficient (Wildman–Crippen LogP) is 5.75. The Hall–Kier alpha value is -1.78. The average Bonchev–Trinajstić information content (AvgIpc) is 2.98. The monoisotopic (exact) mass is 390 g/mol. The Kier molecular flexibility index (Phi) is 5.73. The summed E-state index contributed by atoms with van der Waals surface area (Å²) in [5.41, 5.74) is 3.51. The van der Waals surface area contributed by atoms with Crippen LogP contribution in [0.3, 0.4) is 0 Å². The molecule has 0 saturated heterocycles. The SMILES string of the molecule is CCc1nc2c(-c3ccc(Cl)cc3Cl)nccn2c1N(CC)CC(C)C. The number of rotatable bonds is 6. The molecule has 0 radical (unpaired) electrons. The van der Waals surface area contributed by atoms with Crippen molar-refractivity contribution in [1.29, 1.82) is 0 Å². The zero-order chi connectivity index (χ0) is 18.8. The second-order valence-electron chi connectivity index (χ2n) is 6.76. The predicted molar refractivity (Wildman–Crippen MR) is 111 cm³/mol. The molecule has 4 nitrogen and oxygen atoms in total. The highest BCUT2D eigenvalue weighted by atomic mass is 35.5. The van der Waals surface area contributed by atoms with Crippen LogP contribution in [0.2, 0.25) is 10.0 Å². The van der Waals surface area contributed by atoms with Gasteiger partial charge in [-0.25, -0.2) is 4.98 Å². The first-order chi connectivity index (χ1) is 12.5. The Bertz CT molecular complexity index is 918. The van der Waals surface area contributed by atoms with Gasteiger partial charge in [-0.05, 0) is 37.5 Å². The summed E-state index contributed by atoms with van der Waals surface area (Å²) in [6.07, 6.45) is 4.65. The molecule has 0 spiro atoms. The second-order valence-corrected chi connectivity index (χ2v) is 7.61. The molecular formula is C20H24Cl2N4. The van der Waals surface area contributed by atoms with Gasteiger partial charge in [0.1, 0.15) is 11.5 Å². The summed E-state index contributed by atoms with van der Waals surface area (Å²) in [6.45, 7) is 10.7. The van der Waals surface area contributed by atoms with E-state index >= 15 is 0 Å². The van der Waals surface area contributed by atoms with E-state index in [-0.39, 0.29) is 0 Å². The van der Waals surface area contributed by atoms with Crippen molar-refractivity contribution in [3.05, 3.63) is 46.3 Å². The quantitative estimate of drug-likeness (QED) is 0.537. The first kappa shape index (κ1) is 19.0. The molecule has 0 unspecified atom stereocenters. The number of hydrogen-bond donors (Lipinski definition) is 0. The van der Waals surface area contributed by atoms with Gasteiger partial charge in [-0.3, -0.25) is 9.38 Å². The van der Waals surface area contributed by atoms with Crippen LogP contribution in [0.25, 0.3) is 16.9 Å². The Morgan fingerprint density at radius 2 is 1.96 bits per heavy atom. The maximum absolute atomic E-state index is 6.43. The molecule has 0 fully saturated rings. The van der Waals surface area contributed by atoms with E-state index in [0.717, 1.165) is 47.9 Å². The highest BCUT2D eigenvalue weighted by Gasteiger charge is 2.21. The number of aromatic nitrogens is 3. The number of benzene rings is 1. The van der Waals surface area contributed by atoms with E-state index < -0.39 is 0 Å². The van der Waals surface area contributed by atoms with Crippen molar-refractivity contribution in [2.45, 2.75) is 34.1 Å². The van der Waals surface area contributed by atoms with Gasteiger partial charge in [0.05, 0.1) is 10.7 Å². The van der Waals surface area contributed by atoms with Gasteiger partial charge in [0, 0.05) is 36.1 Å². The molecule has 26 heavy (non-hydrogen) atoms. The summed E-state index contributed by atoms with van der Waals surface area (Å²) in [4.78, 5) is 11.9. The van der Waals surface area contributed by atoms with Crippen molar-refractivity contribution in [3.8, 4) is 11.3 Å². The lowest BCUT2D eigenvalue weighted by Crippen LogP contribution is -2.29. The number of imidazole rings is 1. The van der Waals surface area contributed by atoms with E-state index in [0.29, 0.717) is 16.0 Å². The number of anilines is 1. The zero-order valence-electron chi connectivity index (χ0n) is 15.6. The fourth-order valence-electron chi connectivity index (χ4n) is 3.26. The standard InChI is InChI=1S/C20H24Cl2N4/c1-5-17-20(25(6-2)12-13(3)4)26-10-9-23-18(19(26)24-17)15-8-7-14(21)11-16(15)22/h7-11,13H,5-6,12H2,1-4H3. The molecule has 1 aromatic carbocycles. The smallest absolute Gasteiger partial charge is 0.165 e. The zero-order valence-corrected chi connectivity index (χ0v) is 17.1. The Morgan fingerprint density at radius 1 is 1.19 bits per heavy atom. The van der Waals surface area contributed by atoms with Crippen LogP contribution in [0, 0.1) is 5.92 Å². The molecule has 2 aromatic heterocycles. The Balaban J connectivity index is 2.23. The highest BCUT2D eigenvalue weighted by molar-refractivity contribution is 6.36. The van der Waals surface area contributed by atoms with E-state index in [4.69, 9.17) is 28.2 Å².